The van der Waals surface area contributed by atoms with Crippen molar-refractivity contribution in [3.63, 3.8) is 0 Å². The summed E-state index contributed by atoms with van der Waals surface area (Å²) in [6.45, 7) is 1.73. The number of aromatic nitrogens is 1. The van der Waals surface area contributed by atoms with Gasteiger partial charge in [-0.25, -0.2) is 4.99 Å². The number of hydrogen-bond donors (Lipinski definition) is 1. The first-order chi connectivity index (χ1) is 9.61. The zero-order chi connectivity index (χ0) is 14.5. The quantitative estimate of drug-likeness (QED) is 0.533. The smallest absolute Gasteiger partial charge is 0.155 e. The number of para-hydroxylation sites is 1. The number of nitrogens with two attached hydrogens (primary N) is 1. The van der Waals surface area contributed by atoms with E-state index in [2.05, 4.69) is 10.1 Å². The van der Waals surface area contributed by atoms with E-state index in [-0.39, 0.29) is 16.4 Å². The van der Waals surface area contributed by atoms with Crippen LogP contribution in [0.2, 0.25) is 0 Å². The third-order valence-corrected chi connectivity index (χ3v) is 2.81. The standard InChI is InChI=1S/C14H12ClN3O2/c1-9-7-12(18-20-9)13(16)11(8-19)14(15)17-10-5-3-2-4-6-10/h2-8H,16H2,1H3/b13-11-,17-14?. The first-order valence-corrected chi connectivity index (χ1v) is 6.18. The number of aliphatic imine (C=N–C) groups is 1. The van der Waals surface area contributed by atoms with Gasteiger partial charge in [0.1, 0.15) is 16.6 Å². The van der Waals surface area contributed by atoms with Crippen molar-refractivity contribution in [3.8, 4) is 0 Å². The van der Waals surface area contributed by atoms with Gasteiger partial charge in [0.25, 0.3) is 0 Å². The summed E-state index contributed by atoms with van der Waals surface area (Å²) in [5.74, 6) is 0.587. The summed E-state index contributed by atoms with van der Waals surface area (Å²) in [5.41, 5.74) is 7.06. The zero-order valence-electron chi connectivity index (χ0n) is 10.7. The second-order valence-corrected chi connectivity index (χ2v) is 4.36. The molecule has 20 heavy (non-hydrogen) atoms. The summed E-state index contributed by atoms with van der Waals surface area (Å²) in [6.07, 6.45) is 0.550. The Morgan fingerprint density at radius 1 is 1.40 bits per heavy atom. The molecule has 0 fully saturated rings. The zero-order valence-corrected chi connectivity index (χ0v) is 11.5. The molecule has 0 bridgehead atoms. The summed E-state index contributed by atoms with van der Waals surface area (Å²) in [5, 5.41) is 3.75. The summed E-state index contributed by atoms with van der Waals surface area (Å²) in [4.78, 5) is 15.3. The highest BCUT2D eigenvalue weighted by molar-refractivity contribution is 6.72. The maximum atomic E-state index is 11.2. The molecule has 0 saturated carbocycles. The number of rotatable bonds is 4. The fourth-order valence-electron chi connectivity index (χ4n) is 1.53. The molecule has 0 aliphatic rings. The maximum absolute atomic E-state index is 11.2. The van der Waals surface area contributed by atoms with Gasteiger partial charge in [-0.05, 0) is 19.1 Å². The Balaban J connectivity index is 2.41. The molecule has 102 valence electrons. The number of aldehydes is 1. The lowest BCUT2D eigenvalue weighted by Crippen LogP contribution is -2.08. The summed E-state index contributed by atoms with van der Waals surface area (Å²) >= 11 is 6.06. The van der Waals surface area contributed by atoms with Gasteiger partial charge < -0.3 is 10.3 Å². The van der Waals surface area contributed by atoms with Crippen LogP contribution in [0.15, 0.2) is 51.5 Å². The van der Waals surface area contributed by atoms with Gasteiger partial charge in [0, 0.05) is 6.07 Å². The van der Waals surface area contributed by atoms with Crippen LogP contribution in [-0.2, 0) is 4.79 Å². The Morgan fingerprint density at radius 2 is 2.10 bits per heavy atom. The Hall–Kier alpha value is -2.40. The van der Waals surface area contributed by atoms with Gasteiger partial charge in [0.15, 0.2) is 6.29 Å². The molecule has 0 aliphatic carbocycles. The maximum Gasteiger partial charge on any atom is 0.155 e. The molecule has 2 N–H and O–H groups in total. The van der Waals surface area contributed by atoms with Gasteiger partial charge in [-0.1, -0.05) is 35.0 Å². The Bertz CT molecular complexity index is 675. The van der Waals surface area contributed by atoms with E-state index >= 15 is 0 Å². The molecule has 1 aromatic heterocycles. The number of carbonyl (C=O) groups excluding carboxylic acids is 1. The van der Waals surface area contributed by atoms with Crippen molar-refractivity contribution in [1.29, 1.82) is 0 Å². The fourth-order valence-corrected chi connectivity index (χ4v) is 1.77. The average molecular weight is 290 g/mol. The van der Waals surface area contributed by atoms with E-state index in [9.17, 15) is 4.79 Å². The van der Waals surface area contributed by atoms with Gasteiger partial charge >= 0.3 is 0 Å². The van der Waals surface area contributed by atoms with Crippen LogP contribution in [0.25, 0.3) is 5.70 Å². The predicted octanol–water partition coefficient (Wildman–Crippen LogP) is 2.82. The number of nitrogens with zero attached hydrogens (tertiary/aromatic N) is 2. The van der Waals surface area contributed by atoms with E-state index in [0.717, 1.165) is 0 Å². The Labute approximate surface area is 120 Å². The van der Waals surface area contributed by atoms with E-state index in [1.54, 1.807) is 25.1 Å². The highest BCUT2D eigenvalue weighted by atomic mass is 35.5. The third-order valence-electron chi connectivity index (χ3n) is 2.52. The molecule has 0 saturated heterocycles. The van der Waals surface area contributed by atoms with Crippen LogP contribution in [0.5, 0.6) is 0 Å². The molecule has 0 unspecified atom stereocenters. The molecule has 2 rings (SSSR count). The minimum Gasteiger partial charge on any atom is -0.396 e. The number of allylic oxidation sites excluding steroid dienone is 1. The third kappa shape index (κ3) is 3.13. The second-order valence-electron chi connectivity index (χ2n) is 4.01. The summed E-state index contributed by atoms with van der Waals surface area (Å²) < 4.78 is 4.92. The van der Waals surface area contributed by atoms with Gasteiger partial charge in [0.2, 0.25) is 0 Å². The van der Waals surface area contributed by atoms with Crippen LogP contribution in [0.1, 0.15) is 11.5 Å². The predicted molar refractivity (Wildman–Crippen MR) is 77.8 cm³/mol. The van der Waals surface area contributed by atoms with Crippen LogP contribution in [0.3, 0.4) is 0 Å². The molecular formula is C14H12ClN3O2. The van der Waals surface area contributed by atoms with Crippen molar-refractivity contribution in [2.75, 3.05) is 0 Å². The van der Waals surface area contributed by atoms with E-state index in [1.165, 1.54) is 0 Å². The molecule has 0 amide bonds. The van der Waals surface area contributed by atoms with Crippen molar-refractivity contribution in [2.45, 2.75) is 6.92 Å². The van der Waals surface area contributed by atoms with Crippen LogP contribution in [-0.4, -0.2) is 16.6 Å². The molecule has 0 atom stereocenters. The van der Waals surface area contributed by atoms with Gasteiger partial charge in [-0.3, -0.25) is 4.79 Å². The molecule has 0 aliphatic heterocycles. The van der Waals surface area contributed by atoms with E-state index in [1.807, 2.05) is 18.2 Å². The first kappa shape index (κ1) is 14.0. The van der Waals surface area contributed by atoms with Crippen molar-refractivity contribution >= 4 is 34.4 Å². The number of carbonyl (C=O) groups is 1. The summed E-state index contributed by atoms with van der Waals surface area (Å²) in [7, 11) is 0. The van der Waals surface area contributed by atoms with Crippen LogP contribution >= 0.6 is 11.6 Å². The Morgan fingerprint density at radius 3 is 2.65 bits per heavy atom. The lowest BCUT2D eigenvalue weighted by Gasteiger charge is -2.02. The SMILES string of the molecule is Cc1cc(/C(N)=C(\C=O)C(Cl)=Nc2ccccc2)no1. The largest absolute Gasteiger partial charge is 0.396 e. The highest BCUT2D eigenvalue weighted by Crippen LogP contribution is 2.18. The molecule has 0 spiro atoms. The van der Waals surface area contributed by atoms with Crippen molar-refractivity contribution in [1.82, 2.24) is 5.16 Å². The molecule has 0 radical (unpaired) electrons. The molecule has 6 heteroatoms. The van der Waals surface area contributed by atoms with E-state index in [4.69, 9.17) is 21.9 Å². The topological polar surface area (TPSA) is 81.5 Å². The van der Waals surface area contributed by atoms with Crippen molar-refractivity contribution in [2.24, 2.45) is 10.7 Å². The average Bonchev–Trinajstić information content (AvgIpc) is 2.87. The minimum absolute atomic E-state index is 0.00403. The summed E-state index contributed by atoms with van der Waals surface area (Å²) in [6, 6.07) is 10.6. The lowest BCUT2D eigenvalue weighted by atomic mass is 10.2. The van der Waals surface area contributed by atoms with Crippen LogP contribution in [0.4, 0.5) is 5.69 Å². The number of hydrogen-bond acceptors (Lipinski definition) is 5. The molecule has 5 nitrogen and oxygen atoms in total. The normalized spacial score (nSPS) is 13.0. The minimum atomic E-state index is 0.00403. The second kappa shape index (κ2) is 6.16. The molecule has 2 aromatic rings. The van der Waals surface area contributed by atoms with Gasteiger partial charge in [0.05, 0.1) is 17.0 Å². The lowest BCUT2D eigenvalue weighted by molar-refractivity contribution is -0.104. The van der Waals surface area contributed by atoms with Crippen molar-refractivity contribution < 1.29 is 9.32 Å². The van der Waals surface area contributed by atoms with E-state index < -0.39 is 0 Å². The molecular weight excluding hydrogens is 278 g/mol. The van der Waals surface area contributed by atoms with Crippen LogP contribution in [0, 0.1) is 6.92 Å². The molecule has 1 heterocycles. The van der Waals surface area contributed by atoms with Gasteiger partial charge in [-0.15, -0.1) is 0 Å². The van der Waals surface area contributed by atoms with E-state index in [0.29, 0.717) is 23.4 Å². The van der Waals surface area contributed by atoms with Crippen LogP contribution < -0.4 is 5.73 Å². The molecule has 1 aromatic carbocycles. The highest BCUT2D eigenvalue weighted by Gasteiger charge is 2.13. The van der Waals surface area contributed by atoms with Crippen molar-refractivity contribution in [3.05, 3.63) is 53.4 Å². The first-order valence-electron chi connectivity index (χ1n) is 5.80. The number of benzene rings is 1. The monoisotopic (exact) mass is 289 g/mol. The fraction of sp³-hybridized carbons (Fsp3) is 0.0714. The number of halogens is 1. The number of aryl methyl sites for hydroxylation is 1. The van der Waals surface area contributed by atoms with Gasteiger partial charge in [-0.2, -0.15) is 0 Å². The Kier molecular flexibility index (Phi) is 4.32.